The predicted octanol–water partition coefficient (Wildman–Crippen LogP) is 2.99. The number of carbonyl (C=O) groups is 2. The molecule has 0 saturated heterocycles. The molecule has 0 saturated carbocycles. The van der Waals surface area contributed by atoms with Crippen molar-refractivity contribution >= 4 is 17.6 Å². The van der Waals surface area contributed by atoms with Crippen LogP contribution in [0.5, 0.6) is 0 Å². The Morgan fingerprint density at radius 2 is 1.86 bits per heavy atom. The standard InChI is InChI=1S/C16H25N3O2/c1-11(2)10-17-15(21)18-13-8-6-7-12(9-13)14(20)19-16(3,4)5/h6-9,11H,10H2,1-5H3,(H,19,20)(H2,17,18,21). The summed E-state index contributed by atoms with van der Waals surface area (Å²) in [6, 6.07) is 6.62. The lowest BCUT2D eigenvalue weighted by atomic mass is 10.1. The highest BCUT2D eigenvalue weighted by Gasteiger charge is 2.15. The summed E-state index contributed by atoms with van der Waals surface area (Å²) in [5, 5.41) is 8.38. The molecule has 5 nitrogen and oxygen atoms in total. The van der Waals surface area contributed by atoms with Crippen molar-refractivity contribution in [3.05, 3.63) is 29.8 Å². The summed E-state index contributed by atoms with van der Waals surface area (Å²) in [5.41, 5.74) is 0.819. The van der Waals surface area contributed by atoms with Gasteiger partial charge in [0.2, 0.25) is 0 Å². The van der Waals surface area contributed by atoms with E-state index in [-0.39, 0.29) is 17.5 Å². The lowest BCUT2D eigenvalue weighted by Gasteiger charge is -2.20. The second-order valence-electron chi connectivity index (χ2n) is 6.51. The van der Waals surface area contributed by atoms with Crippen LogP contribution in [0.4, 0.5) is 10.5 Å². The quantitative estimate of drug-likeness (QED) is 0.798. The van der Waals surface area contributed by atoms with Gasteiger partial charge in [-0.05, 0) is 44.9 Å². The highest BCUT2D eigenvalue weighted by atomic mass is 16.2. The van der Waals surface area contributed by atoms with Gasteiger partial charge in [0.15, 0.2) is 0 Å². The molecule has 116 valence electrons. The fourth-order valence-electron chi connectivity index (χ4n) is 1.62. The van der Waals surface area contributed by atoms with Gasteiger partial charge in [-0.3, -0.25) is 4.79 Å². The minimum Gasteiger partial charge on any atom is -0.347 e. The monoisotopic (exact) mass is 291 g/mol. The fourth-order valence-corrected chi connectivity index (χ4v) is 1.62. The molecule has 0 heterocycles. The molecule has 21 heavy (non-hydrogen) atoms. The summed E-state index contributed by atoms with van der Waals surface area (Å²) in [6.07, 6.45) is 0. The largest absolute Gasteiger partial charge is 0.347 e. The molecule has 0 atom stereocenters. The van der Waals surface area contributed by atoms with E-state index in [1.54, 1.807) is 24.3 Å². The van der Waals surface area contributed by atoms with Crippen molar-refractivity contribution in [3.8, 4) is 0 Å². The van der Waals surface area contributed by atoms with Gasteiger partial charge in [0.05, 0.1) is 0 Å². The topological polar surface area (TPSA) is 70.2 Å². The number of carbonyl (C=O) groups excluding carboxylic acids is 2. The molecule has 5 heteroatoms. The van der Waals surface area contributed by atoms with E-state index in [9.17, 15) is 9.59 Å². The van der Waals surface area contributed by atoms with Crippen molar-refractivity contribution in [3.63, 3.8) is 0 Å². The minimum atomic E-state index is -0.296. The molecule has 0 fully saturated rings. The molecule has 0 aliphatic rings. The number of urea groups is 1. The zero-order chi connectivity index (χ0) is 16.0. The van der Waals surface area contributed by atoms with Gasteiger partial charge in [0.1, 0.15) is 0 Å². The molecule has 0 aliphatic carbocycles. The molecule has 1 aromatic rings. The third kappa shape index (κ3) is 6.79. The van der Waals surface area contributed by atoms with E-state index in [1.807, 2.05) is 34.6 Å². The molecule has 0 unspecified atom stereocenters. The number of rotatable bonds is 4. The van der Waals surface area contributed by atoms with Crippen LogP contribution in [-0.4, -0.2) is 24.0 Å². The maximum absolute atomic E-state index is 12.1. The average molecular weight is 291 g/mol. The van der Waals surface area contributed by atoms with Crippen LogP contribution in [0.15, 0.2) is 24.3 Å². The van der Waals surface area contributed by atoms with Crippen LogP contribution in [0.2, 0.25) is 0 Å². The summed E-state index contributed by atoms with van der Waals surface area (Å²) in [7, 11) is 0. The number of amides is 3. The van der Waals surface area contributed by atoms with Gasteiger partial charge in [0, 0.05) is 23.3 Å². The van der Waals surface area contributed by atoms with Crippen molar-refractivity contribution in [1.82, 2.24) is 10.6 Å². The summed E-state index contributed by atoms with van der Waals surface area (Å²) >= 11 is 0. The highest BCUT2D eigenvalue weighted by Crippen LogP contribution is 2.12. The minimum absolute atomic E-state index is 0.159. The van der Waals surface area contributed by atoms with Gasteiger partial charge in [-0.2, -0.15) is 0 Å². The summed E-state index contributed by atoms with van der Waals surface area (Å²) in [5.74, 6) is 0.230. The van der Waals surface area contributed by atoms with Gasteiger partial charge in [0.25, 0.3) is 5.91 Å². The van der Waals surface area contributed by atoms with Gasteiger partial charge < -0.3 is 16.0 Å². The molecular formula is C16H25N3O2. The van der Waals surface area contributed by atoms with Crippen molar-refractivity contribution in [2.45, 2.75) is 40.2 Å². The van der Waals surface area contributed by atoms with Crippen LogP contribution in [-0.2, 0) is 0 Å². The van der Waals surface area contributed by atoms with E-state index in [0.29, 0.717) is 23.7 Å². The summed E-state index contributed by atoms with van der Waals surface area (Å²) in [4.78, 5) is 23.8. The smallest absolute Gasteiger partial charge is 0.319 e. The molecule has 3 amide bonds. The lowest BCUT2D eigenvalue weighted by Crippen LogP contribution is -2.40. The van der Waals surface area contributed by atoms with Crippen molar-refractivity contribution in [2.24, 2.45) is 5.92 Å². The SMILES string of the molecule is CC(C)CNC(=O)Nc1cccc(C(=O)NC(C)(C)C)c1. The first-order chi connectivity index (χ1) is 9.67. The van der Waals surface area contributed by atoms with Crippen LogP contribution >= 0.6 is 0 Å². The van der Waals surface area contributed by atoms with Crippen molar-refractivity contribution in [2.75, 3.05) is 11.9 Å². The number of hydrogen-bond acceptors (Lipinski definition) is 2. The predicted molar refractivity (Wildman–Crippen MR) is 85.5 cm³/mol. The van der Waals surface area contributed by atoms with E-state index >= 15 is 0 Å². The summed E-state index contributed by atoms with van der Waals surface area (Å²) in [6.45, 7) is 10.4. The number of benzene rings is 1. The van der Waals surface area contributed by atoms with E-state index in [2.05, 4.69) is 16.0 Å². The number of nitrogens with one attached hydrogen (secondary N) is 3. The molecule has 1 aromatic carbocycles. The number of anilines is 1. The van der Waals surface area contributed by atoms with E-state index in [4.69, 9.17) is 0 Å². The molecular weight excluding hydrogens is 266 g/mol. The van der Waals surface area contributed by atoms with Crippen LogP contribution in [0.1, 0.15) is 45.0 Å². The van der Waals surface area contributed by atoms with Gasteiger partial charge >= 0.3 is 6.03 Å². The Hall–Kier alpha value is -2.04. The Morgan fingerprint density at radius 1 is 1.19 bits per heavy atom. The third-order valence-electron chi connectivity index (χ3n) is 2.54. The fraction of sp³-hybridized carbons (Fsp3) is 0.500. The molecule has 0 bridgehead atoms. The van der Waals surface area contributed by atoms with E-state index in [1.165, 1.54) is 0 Å². The lowest BCUT2D eigenvalue weighted by molar-refractivity contribution is 0.0919. The molecule has 0 aliphatic heterocycles. The van der Waals surface area contributed by atoms with Crippen molar-refractivity contribution in [1.29, 1.82) is 0 Å². The molecule has 3 N–H and O–H groups in total. The molecule has 0 aromatic heterocycles. The highest BCUT2D eigenvalue weighted by molar-refractivity contribution is 5.97. The Morgan fingerprint density at radius 3 is 2.43 bits per heavy atom. The zero-order valence-corrected chi connectivity index (χ0v) is 13.4. The molecule has 0 spiro atoms. The first kappa shape index (κ1) is 17.0. The Balaban J connectivity index is 2.68. The average Bonchev–Trinajstić information content (AvgIpc) is 2.34. The van der Waals surface area contributed by atoms with E-state index in [0.717, 1.165) is 0 Å². The summed E-state index contributed by atoms with van der Waals surface area (Å²) < 4.78 is 0. The maximum Gasteiger partial charge on any atom is 0.319 e. The van der Waals surface area contributed by atoms with Crippen LogP contribution in [0.25, 0.3) is 0 Å². The first-order valence-corrected chi connectivity index (χ1v) is 7.15. The normalized spacial score (nSPS) is 11.1. The number of hydrogen-bond donors (Lipinski definition) is 3. The van der Waals surface area contributed by atoms with E-state index < -0.39 is 0 Å². The van der Waals surface area contributed by atoms with Crippen LogP contribution < -0.4 is 16.0 Å². The Labute approximate surface area is 126 Å². The van der Waals surface area contributed by atoms with Gasteiger partial charge in [-0.25, -0.2) is 4.79 Å². The molecule has 1 rings (SSSR count). The molecule has 0 radical (unpaired) electrons. The third-order valence-corrected chi connectivity index (χ3v) is 2.54. The second-order valence-corrected chi connectivity index (χ2v) is 6.51. The van der Waals surface area contributed by atoms with Crippen LogP contribution in [0.3, 0.4) is 0 Å². The maximum atomic E-state index is 12.1. The second kappa shape index (κ2) is 7.11. The Bertz CT molecular complexity index is 504. The first-order valence-electron chi connectivity index (χ1n) is 7.15. The van der Waals surface area contributed by atoms with Crippen LogP contribution in [0, 0.1) is 5.92 Å². The van der Waals surface area contributed by atoms with Gasteiger partial charge in [-0.1, -0.05) is 19.9 Å². The Kier molecular flexibility index (Phi) is 5.76. The zero-order valence-electron chi connectivity index (χ0n) is 13.4. The van der Waals surface area contributed by atoms with Crippen molar-refractivity contribution < 1.29 is 9.59 Å². The van der Waals surface area contributed by atoms with Gasteiger partial charge in [-0.15, -0.1) is 0 Å².